The van der Waals surface area contributed by atoms with Crippen LogP contribution in [0, 0.1) is 0 Å². The van der Waals surface area contributed by atoms with E-state index in [4.69, 9.17) is 33.1 Å². The zero-order valence-electron chi connectivity index (χ0n) is 9.75. The molecular weight excluding hydrogens is 287 g/mol. The Morgan fingerprint density at radius 1 is 1.26 bits per heavy atom. The van der Waals surface area contributed by atoms with Crippen molar-refractivity contribution in [1.29, 1.82) is 0 Å². The summed E-state index contributed by atoms with van der Waals surface area (Å²) >= 11 is 12.0. The van der Waals surface area contributed by atoms with E-state index >= 15 is 0 Å². The number of hydrogen-bond acceptors (Lipinski definition) is 4. The highest BCUT2D eigenvalue weighted by Crippen LogP contribution is 2.29. The number of aromatic nitrogens is 1. The standard InChI is InChI=1S/C13H10Cl2N2O2/c14-12-5-10(6-13(15)11(12)7-17-18)19-8-9-3-1-2-4-16-9/h1-7,18H,8H2/b17-7+. The molecule has 2 rings (SSSR count). The summed E-state index contributed by atoms with van der Waals surface area (Å²) in [6.07, 6.45) is 2.87. The Balaban J connectivity index is 2.14. The summed E-state index contributed by atoms with van der Waals surface area (Å²) < 4.78 is 5.55. The van der Waals surface area contributed by atoms with Crippen LogP contribution < -0.4 is 4.74 Å². The molecule has 0 atom stereocenters. The van der Waals surface area contributed by atoms with Gasteiger partial charge < -0.3 is 9.94 Å². The third-order valence-electron chi connectivity index (χ3n) is 2.35. The summed E-state index contributed by atoms with van der Waals surface area (Å²) in [5.74, 6) is 0.524. The topological polar surface area (TPSA) is 54.7 Å². The Morgan fingerprint density at radius 2 is 2.00 bits per heavy atom. The number of oxime groups is 1. The van der Waals surface area contributed by atoms with Crippen molar-refractivity contribution in [3.8, 4) is 5.75 Å². The number of benzene rings is 1. The molecule has 1 aromatic carbocycles. The fourth-order valence-electron chi connectivity index (χ4n) is 1.47. The van der Waals surface area contributed by atoms with E-state index in [1.165, 1.54) is 6.21 Å². The second-order valence-corrected chi connectivity index (χ2v) is 4.47. The molecule has 2 aromatic rings. The highest BCUT2D eigenvalue weighted by molar-refractivity contribution is 6.38. The molecule has 6 heteroatoms. The average Bonchev–Trinajstić information content (AvgIpc) is 2.42. The van der Waals surface area contributed by atoms with Crippen molar-refractivity contribution < 1.29 is 9.94 Å². The molecule has 0 bridgehead atoms. The molecule has 4 nitrogen and oxygen atoms in total. The van der Waals surface area contributed by atoms with Crippen LogP contribution in [0.4, 0.5) is 0 Å². The molecule has 0 amide bonds. The molecule has 0 spiro atoms. The van der Waals surface area contributed by atoms with Crippen molar-refractivity contribution in [3.63, 3.8) is 0 Å². The molecule has 19 heavy (non-hydrogen) atoms. The zero-order chi connectivity index (χ0) is 13.7. The summed E-state index contributed by atoms with van der Waals surface area (Å²) in [5.41, 5.74) is 1.24. The van der Waals surface area contributed by atoms with Crippen molar-refractivity contribution >= 4 is 29.4 Å². The molecule has 0 saturated carbocycles. The number of halogens is 2. The van der Waals surface area contributed by atoms with E-state index in [-0.39, 0.29) is 0 Å². The van der Waals surface area contributed by atoms with Gasteiger partial charge in [-0.2, -0.15) is 0 Å². The Labute approximate surface area is 120 Å². The average molecular weight is 297 g/mol. The van der Waals surface area contributed by atoms with Gasteiger partial charge in [-0.05, 0) is 24.3 Å². The van der Waals surface area contributed by atoms with Gasteiger partial charge in [0.15, 0.2) is 0 Å². The Bertz CT molecular complexity index is 565. The largest absolute Gasteiger partial charge is 0.487 e. The lowest BCUT2D eigenvalue weighted by Gasteiger charge is -2.08. The second-order valence-electron chi connectivity index (χ2n) is 3.65. The maximum atomic E-state index is 8.50. The Kier molecular flexibility index (Phi) is 4.60. The quantitative estimate of drug-likeness (QED) is 0.531. The number of hydrogen-bond donors (Lipinski definition) is 1. The number of ether oxygens (including phenoxy) is 1. The van der Waals surface area contributed by atoms with Gasteiger partial charge in [-0.3, -0.25) is 4.98 Å². The van der Waals surface area contributed by atoms with Crippen molar-refractivity contribution in [1.82, 2.24) is 4.98 Å². The van der Waals surface area contributed by atoms with Crippen molar-refractivity contribution in [2.75, 3.05) is 0 Å². The van der Waals surface area contributed by atoms with Crippen LogP contribution >= 0.6 is 23.2 Å². The molecular formula is C13H10Cl2N2O2. The number of rotatable bonds is 4. The fraction of sp³-hybridized carbons (Fsp3) is 0.0769. The number of pyridine rings is 1. The third kappa shape index (κ3) is 3.59. The van der Waals surface area contributed by atoms with Crippen LogP contribution in [0.1, 0.15) is 11.3 Å². The van der Waals surface area contributed by atoms with Gasteiger partial charge in [0.05, 0.1) is 22.0 Å². The first-order valence-electron chi connectivity index (χ1n) is 5.40. The van der Waals surface area contributed by atoms with E-state index in [0.29, 0.717) is 28.0 Å². The summed E-state index contributed by atoms with van der Waals surface area (Å²) in [5, 5.41) is 12.1. The molecule has 1 N–H and O–H groups in total. The monoisotopic (exact) mass is 296 g/mol. The van der Waals surface area contributed by atoms with Gasteiger partial charge >= 0.3 is 0 Å². The van der Waals surface area contributed by atoms with Gasteiger partial charge in [0, 0.05) is 11.8 Å². The minimum Gasteiger partial charge on any atom is -0.487 e. The summed E-state index contributed by atoms with van der Waals surface area (Å²) in [6, 6.07) is 8.78. The Morgan fingerprint density at radius 3 is 2.58 bits per heavy atom. The predicted molar refractivity (Wildman–Crippen MR) is 74.4 cm³/mol. The van der Waals surface area contributed by atoms with Crippen LogP contribution in [0.3, 0.4) is 0 Å². The van der Waals surface area contributed by atoms with Gasteiger partial charge in [-0.25, -0.2) is 0 Å². The van der Waals surface area contributed by atoms with E-state index in [2.05, 4.69) is 10.1 Å². The lowest BCUT2D eigenvalue weighted by atomic mass is 10.2. The summed E-state index contributed by atoms with van der Waals surface area (Å²) in [4.78, 5) is 4.14. The minimum absolute atomic E-state index is 0.320. The number of nitrogens with zero attached hydrogens (tertiary/aromatic N) is 2. The molecule has 0 aliphatic heterocycles. The summed E-state index contributed by atoms with van der Waals surface area (Å²) in [6.45, 7) is 0.320. The first kappa shape index (κ1) is 13.6. The third-order valence-corrected chi connectivity index (χ3v) is 2.98. The molecule has 0 fully saturated rings. The molecule has 1 aromatic heterocycles. The first-order chi connectivity index (χ1) is 9.20. The first-order valence-corrected chi connectivity index (χ1v) is 6.15. The second kappa shape index (κ2) is 6.41. The highest BCUT2D eigenvalue weighted by Gasteiger charge is 2.08. The van der Waals surface area contributed by atoms with Crippen molar-refractivity contribution in [2.45, 2.75) is 6.61 Å². The van der Waals surface area contributed by atoms with Gasteiger partial charge in [-0.15, -0.1) is 0 Å². The van der Waals surface area contributed by atoms with E-state index < -0.39 is 0 Å². The molecule has 1 heterocycles. The van der Waals surface area contributed by atoms with E-state index in [1.54, 1.807) is 18.3 Å². The SMILES string of the molecule is O/N=C/c1c(Cl)cc(OCc2ccccn2)cc1Cl. The molecule has 0 aliphatic carbocycles. The van der Waals surface area contributed by atoms with E-state index in [9.17, 15) is 0 Å². The zero-order valence-corrected chi connectivity index (χ0v) is 11.3. The lowest BCUT2D eigenvalue weighted by molar-refractivity contribution is 0.301. The van der Waals surface area contributed by atoms with Crippen LogP contribution in [0.15, 0.2) is 41.7 Å². The van der Waals surface area contributed by atoms with Gasteiger partial charge in [0.1, 0.15) is 12.4 Å². The van der Waals surface area contributed by atoms with Gasteiger partial charge in [-0.1, -0.05) is 34.4 Å². The lowest BCUT2D eigenvalue weighted by Crippen LogP contribution is -1.98. The van der Waals surface area contributed by atoms with Crippen LogP contribution in [-0.4, -0.2) is 16.4 Å². The predicted octanol–water partition coefficient (Wildman–Crippen LogP) is 3.78. The molecule has 0 saturated heterocycles. The van der Waals surface area contributed by atoms with Crippen LogP contribution in [-0.2, 0) is 6.61 Å². The maximum Gasteiger partial charge on any atom is 0.130 e. The molecule has 98 valence electrons. The minimum atomic E-state index is 0.320. The van der Waals surface area contributed by atoms with Gasteiger partial charge in [0.2, 0.25) is 0 Å². The fourth-order valence-corrected chi connectivity index (χ4v) is 2.03. The van der Waals surface area contributed by atoms with E-state index in [0.717, 1.165) is 5.69 Å². The van der Waals surface area contributed by atoms with Crippen molar-refractivity contribution in [2.24, 2.45) is 5.16 Å². The summed E-state index contributed by atoms with van der Waals surface area (Å²) in [7, 11) is 0. The molecule has 0 radical (unpaired) electrons. The van der Waals surface area contributed by atoms with Gasteiger partial charge in [0.25, 0.3) is 0 Å². The van der Waals surface area contributed by atoms with Crippen LogP contribution in [0.2, 0.25) is 10.0 Å². The smallest absolute Gasteiger partial charge is 0.130 e. The Hall–Kier alpha value is -1.78. The van der Waals surface area contributed by atoms with Crippen molar-refractivity contribution in [3.05, 3.63) is 57.8 Å². The maximum absolute atomic E-state index is 8.50. The van der Waals surface area contributed by atoms with Crippen LogP contribution in [0.5, 0.6) is 5.75 Å². The highest BCUT2D eigenvalue weighted by atomic mass is 35.5. The van der Waals surface area contributed by atoms with E-state index in [1.807, 2.05) is 18.2 Å². The normalized spacial score (nSPS) is 10.8. The molecule has 0 aliphatic rings. The van der Waals surface area contributed by atoms with Crippen LogP contribution in [0.25, 0.3) is 0 Å². The molecule has 0 unspecified atom stereocenters.